The fourth-order valence-corrected chi connectivity index (χ4v) is 2.27. The number of nitrogens with one attached hydrogen (secondary N) is 1. The Morgan fingerprint density at radius 1 is 0.724 bits per heavy atom. The Morgan fingerprint density at radius 3 is 0.931 bits per heavy atom. The van der Waals surface area contributed by atoms with Crippen LogP contribution < -0.4 is 24.8 Å². The second kappa shape index (κ2) is 18.9. The van der Waals surface area contributed by atoms with Crippen LogP contribution in [0.2, 0.25) is 13.1 Å². The molecule has 2 aromatic carbocycles. The predicted molar refractivity (Wildman–Crippen MR) is 125 cm³/mol. The van der Waals surface area contributed by atoms with Crippen LogP contribution in [0.3, 0.4) is 0 Å². The smallest absolute Gasteiger partial charge is 1.00 e. The van der Waals surface area contributed by atoms with Crippen molar-refractivity contribution < 1.29 is 46.5 Å². The average molecular weight is 492 g/mol. The first-order valence-corrected chi connectivity index (χ1v) is 11.9. The van der Waals surface area contributed by atoms with Crippen molar-refractivity contribution in [1.82, 2.24) is 0 Å². The Hall–Kier alpha value is 0.171. The Labute approximate surface area is 212 Å². The molecule has 29 heavy (non-hydrogen) atoms. The molecule has 1 N–H and O–H groups in total. The monoisotopic (exact) mass is 491 g/mol. The molecule has 0 unspecified atom stereocenters. The van der Waals surface area contributed by atoms with Crippen LogP contribution in [0.5, 0.6) is 0 Å². The molecule has 0 aliphatic carbocycles. The third-order valence-corrected chi connectivity index (χ3v) is 4.36. The molecule has 0 aliphatic rings. The molecule has 0 saturated heterocycles. The first kappa shape index (κ1) is 39.6. The van der Waals surface area contributed by atoms with E-state index >= 15 is 0 Å². The van der Waals surface area contributed by atoms with E-state index in [1.165, 1.54) is 44.5 Å². The quantitative estimate of drug-likeness (QED) is 0.395. The number of aryl methyl sites for hydroxylation is 4. The third kappa shape index (κ3) is 18.6. The molecule has 2 aromatic rings. The fraction of sp³-hybridized carbons (Fsp3) is 0.583. The average Bonchev–Trinajstić information content (AvgIpc) is 2.84. The SMILES string of the molecule is CC(C)(C)[NH-].C[SiH]C.Cc1c[c-](C)c(C)c1C.Cc1c[c-](C)c(C)c1C.[Cl-].[Cl-].[Ti+3]. The Morgan fingerprint density at radius 2 is 0.897 bits per heavy atom. The van der Waals surface area contributed by atoms with E-state index in [0.717, 1.165) is 9.52 Å². The summed E-state index contributed by atoms with van der Waals surface area (Å²) in [6, 6.07) is 4.48. The first-order valence-electron chi connectivity index (χ1n) is 9.56. The van der Waals surface area contributed by atoms with Crippen LogP contribution in [-0.2, 0) is 21.7 Å². The molecule has 0 bridgehead atoms. The van der Waals surface area contributed by atoms with Gasteiger partial charge in [0, 0.05) is 9.52 Å². The molecule has 0 amide bonds. The van der Waals surface area contributed by atoms with E-state index in [9.17, 15) is 0 Å². The molecule has 2 rings (SSSR count). The van der Waals surface area contributed by atoms with Crippen LogP contribution in [0.4, 0.5) is 0 Å². The van der Waals surface area contributed by atoms with E-state index in [2.05, 4.69) is 80.6 Å². The van der Waals surface area contributed by atoms with E-state index in [1.807, 2.05) is 20.8 Å². The maximum absolute atomic E-state index is 6.94. The summed E-state index contributed by atoms with van der Waals surface area (Å²) in [6.07, 6.45) is 0. The van der Waals surface area contributed by atoms with Gasteiger partial charge in [0.2, 0.25) is 0 Å². The van der Waals surface area contributed by atoms with Crippen LogP contribution in [0.1, 0.15) is 65.3 Å². The van der Waals surface area contributed by atoms with Crippen molar-refractivity contribution in [3.8, 4) is 0 Å². The largest absolute Gasteiger partial charge is 3.00 e. The number of rotatable bonds is 0. The molecule has 0 spiro atoms. The van der Waals surface area contributed by atoms with Gasteiger partial charge in [-0.15, -0.1) is 5.54 Å². The summed E-state index contributed by atoms with van der Waals surface area (Å²) >= 11 is 0. The van der Waals surface area contributed by atoms with Crippen molar-refractivity contribution in [1.29, 1.82) is 0 Å². The molecule has 1 nitrogen and oxygen atoms in total. The summed E-state index contributed by atoms with van der Waals surface area (Å²) in [4.78, 5) is 0. The number of halogens is 2. The van der Waals surface area contributed by atoms with Gasteiger partial charge in [0.05, 0.1) is 0 Å². The summed E-state index contributed by atoms with van der Waals surface area (Å²) in [5.74, 6) is 0. The van der Waals surface area contributed by atoms with Crippen molar-refractivity contribution in [2.45, 2.75) is 94.8 Å². The van der Waals surface area contributed by atoms with Gasteiger partial charge < -0.3 is 30.5 Å². The summed E-state index contributed by atoms with van der Waals surface area (Å²) in [5.41, 5.74) is 18.2. The fourth-order valence-electron chi connectivity index (χ4n) is 2.27. The number of hydrogen-bond acceptors (Lipinski definition) is 0. The van der Waals surface area contributed by atoms with Crippen LogP contribution in [0.15, 0.2) is 12.1 Å². The molecular weight excluding hydrogens is 449 g/mol. The summed E-state index contributed by atoms with van der Waals surface area (Å²) in [6.45, 7) is 27.3. The van der Waals surface area contributed by atoms with Gasteiger partial charge in [0.1, 0.15) is 0 Å². The second-order valence-corrected chi connectivity index (χ2v) is 9.50. The van der Waals surface area contributed by atoms with Gasteiger partial charge >= 0.3 is 21.7 Å². The normalized spacial score (nSPS) is 9.03. The first-order chi connectivity index (χ1) is 11.7. The Balaban J connectivity index is -0.0000000915. The Kier molecular flexibility index (Phi) is 25.8. The zero-order valence-corrected chi connectivity index (χ0v) is 25.2. The van der Waals surface area contributed by atoms with Crippen LogP contribution in [-0.4, -0.2) is 15.1 Å². The standard InChI is InChI=1S/2C9H13.C4H10N.C2H7Si.2ClH.Ti/c2*1-6-5-7(2)9(4)8(6)3;1-4(2,3)5;1-3-2;;;/h2*5H,1-4H3;5H,1-3H3;3H,1-2H3;2*1H;/q3*-1;;;;+3/p-2. The zero-order chi connectivity index (χ0) is 21.2. The van der Waals surface area contributed by atoms with Gasteiger partial charge in [-0.05, 0) is 0 Å². The molecule has 0 aliphatic heterocycles. The topological polar surface area (TPSA) is 23.8 Å². The molecule has 0 aromatic heterocycles. The van der Waals surface area contributed by atoms with Gasteiger partial charge in [0.25, 0.3) is 0 Å². The summed E-state index contributed by atoms with van der Waals surface area (Å²) < 4.78 is 0. The van der Waals surface area contributed by atoms with Crippen molar-refractivity contribution in [3.05, 3.63) is 62.4 Å². The maximum Gasteiger partial charge on any atom is 3.00 e. The Bertz CT molecular complexity index is 552. The van der Waals surface area contributed by atoms with Crippen LogP contribution in [0.25, 0.3) is 5.73 Å². The molecule has 168 valence electrons. The van der Waals surface area contributed by atoms with E-state index in [0.29, 0.717) is 0 Å². The molecule has 0 saturated carbocycles. The number of hydrogen-bond donors (Lipinski definition) is 0. The minimum absolute atomic E-state index is 0. The van der Waals surface area contributed by atoms with Crippen molar-refractivity contribution in [2.24, 2.45) is 0 Å². The molecule has 0 heterocycles. The van der Waals surface area contributed by atoms with Crippen molar-refractivity contribution in [3.63, 3.8) is 0 Å². The van der Waals surface area contributed by atoms with Gasteiger partial charge in [-0.1, -0.05) is 89.3 Å². The maximum atomic E-state index is 6.94. The third-order valence-electron chi connectivity index (χ3n) is 4.36. The molecular formula is C24H43Cl2NSiTi-2. The van der Waals surface area contributed by atoms with Gasteiger partial charge in [-0.2, -0.15) is 56.6 Å². The van der Waals surface area contributed by atoms with Crippen molar-refractivity contribution >= 4 is 9.52 Å². The minimum atomic E-state index is -0.250. The summed E-state index contributed by atoms with van der Waals surface area (Å²) in [5, 5.41) is 0. The van der Waals surface area contributed by atoms with Crippen LogP contribution in [0, 0.1) is 55.4 Å². The van der Waals surface area contributed by atoms with Crippen molar-refractivity contribution in [2.75, 3.05) is 0 Å². The van der Waals surface area contributed by atoms with E-state index in [-0.39, 0.29) is 52.1 Å². The second-order valence-electron chi connectivity index (χ2n) is 8.35. The van der Waals surface area contributed by atoms with E-state index in [1.54, 1.807) is 0 Å². The van der Waals surface area contributed by atoms with Crippen LogP contribution >= 0.6 is 0 Å². The van der Waals surface area contributed by atoms with Gasteiger partial charge in [-0.25, -0.2) is 0 Å². The molecule has 0 atom stereocenters. The van der Waals surface area contributed by atoms with Gasteiger partial charge in [0.15, 0.2) is 0 Å². The van der Waals surface area contributed by atoms with E-state index < -0.39 is 0 Å². The predicted octanol–water partition coefficient (Wildman–Crippen LogP) is 1.64. The molecule has 0 fully saturated rings. The van der Waals surface area contributed by atoms with Gasteiger partial charge in [-0.3, -0.25) is 0 Å². The molecule has 5 heteroatoms. The molecule has 2 radical (unpaired) electrons. The van der Waals surface area contributed by atoms with E-state index in [4.69, 9.17) is 5.73 Å². The minimum Gasteiger partial charge on any atom is -1.00 e. The summed E-state index contributed by atoms with van der Waals surface area (Å²) in [7, 11) is 0.750. The zero-order valence-electron chi connectivity index (χ0n) is 21.0.